The molecule has 2 rings (SSSR count). The molecule has 0 amide bonds. The molecule has 0 bridgehead atoms. The fourth-order valence-electron chi connectivity index (χ4n) is 2.15. The predicted molar refractivity (Wildman–Crippen MR) is 72.3 cm³/mol. The summed E-state index contributed by atoms with van der Waals surface area (Å²) in [5.41, 5.74) is 4.82. The molecule has 1 N–H and O–H groups in total. The van der Waals surface area contributed by atoms with Gasteiger partial charge in [-0.2, -0.15) is 0 Å². The van der Waals surface area contributed by atoms with Gasteiger partial charge in [0.2, 0.25) is 0 Å². The lowest BCUT2D eigenvalue weighted by molar-refractivity contribution is 0.469. The summed E-state index contributed by atoms with van der Waals surface area (Å²) in [6, 6.07) is 14.3. The van der Waals surface area contributed by atoms with E-state index < -0.39 is 0 Å². The summed E-state index contributed by atoms with van der Waals surface area (Å²) in [5, 5.41) is 9.71. The maximum absolute atomic E-state index is 9.71. The fourth-order valence-corrected chi connectivity index (χ4v) is 2.15. The van der Waals surface area contributed by atoms with Crippen molar-refractivity contribution in [3.05, 3.63) is 53.6 Å². The van der Waals surface area contributed by atoms with Crippen LogP contribution in [0.15, 0.2) is 42.5 Å². The van der Waals surface area contributed by atoms with Crippen LogP contribution in [-0.2, 0) is 12.8 Å². The monoisotopic (exact) mass is 226 g/mol. The van der Waals surface area contributed by atoms with Crippen molar-refractivity contribution >= 4 is 0 Å². The van der Waals surface area contributed by atoms with Crippen LogP contribution >= 0.6 is 0 Å². The molecule has 0 heterocycles. The molecule has 0 unspecified atom stereocenters. The van der Waals surface area contributed by atoms with Gasteiger partial charge >= 0.3 is 0 Å². The van der Waals surface area contributed by atoms with Crippen LogP contribution in [0.3, 0.4) is 0 Å². The molecule has 0 atom stereocenters. The summed E-state index contributed by atoms with van der Waals surface area (Å²) in [5.74, 6) is 0.394. The van der Waals surface area contributed by atoms with E-state index in [1.807, 2.05) is 6.07 Å². The molecular weight excluding hydrogens is 208 g/mol. The number of benzene rings is 2. The van der Waals surface area contributed by atoms with Gasteiger partial charge in [0, 0.05) is 0 Å². The van der Waals surface area contributed by atoms with Crippen LogP contribution in [0.1, 0.15) is 25.0 Å². The summed E-state index contributed by atoms with van der Waals surface area (Å²) in [4.78, 5) is 0. The second-order valence-corrected chi connectivity index (χ2v) is 4.21. The lowest BCUT2D eigenvalue weighted by Crippen LogP contribution is -1.89. The molecule has 1 nitrogen and oxygen atoms in total. The first-order chi connectivity index (χ1) is 8.26. The van der Waals surface area contributed by atoms with Crippen molar-refractivity contribution in [1.29, 1.82) is 0 Å². The Balaban J connectivity index is 2.53. The lowest BCUT2D eigenvalue weighted by atomic mass is 9.96. The van der Waals surface area contributed by atoms with Gasteiger partial charge in [-0.25, -0.2) is 0 Å². The molecule has 0 fully saturated rings. The SMILES string of the molecule is CCc1cc(-c2ccccc2CC)ccc1O. The second-order valence-electron chi connectivity index (χ2n) is 4.21. The summed E-state index contributed by atoms with van der Waals surface area (Å²) in [7, 11) is 0. The van der Waals surface area contributed by atoms with E-state index >= 15 is 0 Å². The third-order valence-electron chi connectivity index (χ3n) is 3.17. The Morgan fingerprint density at radius 2 is 1.59 bits per heavy atom. The highest BCUT2D eigenvalue weighted by atomic mass is 16.3. The molecule has 0 aliphatic carbocycles. The van der Waals surface area contributed by atoms with Crippen molar-refractivity contribution in [1.82, 2.24) is 0 Å². The van der Waals surface area contributed by atoms with Gasteiger partial charge in [0.25, 0.3) is 0 Å². The highest BCUT2D eigenvalue weighted by molar-refractivity contribution is 5.69. The Morgan fingerprint density at radius 3 is 2.29 bits per heavy atom. The van der Waals surface area contributed by atoms with Gasteiger partial charge in [-0.05, 0) is 47.2 Å². The number of hydrogen-bond donors (Lipinski definition) is 1. The standard InChI is InChI=1S/C16H18O/c1-3-12-7-5-6-8-15(12)14-9-10-16(17)13(4-2)11-14/h5-11,17H,3-4H2,1-2H3. The zero-order valence-corrected chi connectivity index (χ0v) is 10.4. The Kier molecular flexibility index (Phi) is 3.48. The first-order valence-corrected chi connectivity index (χ1v) is 6.16. The van der Waals surface area contributed by atoms with Crippen molar-refractivity contribution in [2.24, 2.45) is 0 Å². The zero-order valence-electron chi connectivity index (χ0n) is 10.4. The van der Waals surface area contributed by atoms with Crippen molar-refractivity contribution in [2.45, 2.75) is 26.7 Å². The average molecular weight is 226 g/mol. The van der Waals surface area contributed by atoms with E-state index in [9.17, 15) is 5.11 Å². The molecule has 0 saturated heterocycles. The van der Waals surface area contributed by atoms with Crippen LogP contribution in [-0.4, -0.2) is 5.11 Å². The van der Waals surface area contributed by atoms with Gasteiger partial charge < -0.3 is 5.11 Å². The van der Waals surface area contributed by atoms with E-state index in [4.69, 9.17) is 0 Å². The number of hydrogen-bond acceptors (Lipinski definition) is 1. The van der Waals surface area contributed by atoms with E-state index in [1.54, 1.807) is 6.07 Å². The minimum Gasteiger partial charge on any atom is -0.508 e. The third-order valence-corrected chi connectivity index (χ3v) is 3.17. The summed E-state index contributed by atoms with van der Waals surface area (Å²) < 4.78 is 0. The minimum absolute atomic E-state index is 0.394. The van der Waals surface area contributed by atoms with E-state index in [-0.39, 0.29) is 0 Å². The van der Waals surface area contributed by atoms with Gasteiger partial charge in [-0.15, -0.1) is 0 Å². The molecule has 1 heteroatoms. The van der Waals surface area contributed by atoms with E-state index in [0.717, 1.165) is 18.4 Å². The average Bonchev–Trinajstić information content (AvgIpc) is 2.39. The van der Waals surface area contributed by atoms with Crippen molar-refractivity contribution in [3.63, 3.8) is 0 Å². The zero-order chi connectivity index (χ0) is 12.3. The van der Waals surface area contributed by atoms with E-state index in [2.05, 4.69) is 44.2 Å². The van der Waals surface area contributed by atoms with Crippen LogP contribution in [0.25, 0.3) is 11.1 Å². The van der Waals surface area contributed by atoms with Gasteiger partial charge in [0.15, 0.2) is 0 Å². The third kappa shape index (κ3) is 2.33. The van der Waals surface area contributed by atoms with Crippen LogP contribution in [0, 0.1) is 0 Å². The number of aromatic hydroxyl groups is 1. The summed E-state index contributed by atoms with van der Waals surface area (Å²) >= 11 is 0. The molecule has 0 aromatic heterocycles. The predicted octanol–water partition coefficient (Wildman–Crippen LogP) is 4.18. The van der Waals surface area contributed by atoms with Crippen LogP contribution in [0.4, 0.5) is 0 Å². The topological polar surface area (TPSA) is 20.2 Å². The highest BCUT2D eigenvalue weighted by Crippen LogP contribution is 2.28. The molecule has 0 radical (unpaired) electrons. The Hall–Kier alpha value is -1.76. The number of aryl methyl sites for hydroxylation is 2. The van der Waals surface area contributed by atoms with Crippen LogP contribution in [0.5, 0.6) is 5.75 Å². The minimum atomic E-state index is 0.394. The molecule has 2 aromatic carbocycles. The number of rotatable bonds is 3. The largest absolute Gasteiger partial charge is 0.508 e. The highest BCUT2D eigenvalue weighted by Gasteiger charge is 2.05. The van der Waals surface area contributed by atoms with Gasteiger partial charge in [0.05, 0.1) is 0 Å². The Labute approximate surface area is 103 Å². The number of phenolic OH excluding ortho intramolecular Hbond substituents is 1. The molecule has 88 valence electrons. The van der Waals surface area contributed by atoms with Crippen molar-refractivity contribution < 1.29 is 5.11 Å². The smallest absolute Gasteiger partial charge is 0.118 e. The molecule has 0 spiro atoms. The van der Waals surface area contributed by atoms with Crippen LogP contribution < -0.4 is 0 Å². The van der Waals surface area contributed by atoms with E-state index in [0.29, 0.717) is 5.75 Å². The van der Waals surface area contributed by atoms with E-state index in [1.165, 1.54) is 16.7 Å². The van der Waals surface area contributed by atoms with Crippen molar-refractivity contribution in [3.8, 4) is 16.9 Å². The molecule has 0 aliphatic heterocycles. The maximum atomic E-state index is 9.71. The van der Waals surface area contributed by atoms with Gasteiger partial charge in [-0.1, -0.05) is 44.2 Å². The van der Waals surface area contributed by atoms with Gasteiger partial charge in [0.1, 0.15) is 5.75 Å². The maximum Gasteiger partial charge on any atom is 0.118 e. The Bertz CT molecular complexity index is 515. The molecule has 2 aromatic rings. The Morgan fingerprint density at radius 1 is 0.882 bits per heavy atom. The first-order valence-electron chi connectivity index (χ1n) is 6.16. The van der Waals surface area contributed by atoms with Crippen LogP contribution in [0.2, 0.25) is 0 Å². The lowest BCUT2D eigenvalue weighted by Gasteiger charge is -2.10. The summed E-state index contributed by atoms with van der Waals surface area (Å²) in [6.07, 6.45) is 1.88. The fraction of sp³-hybridized carbons (Fsp3) is 0.250. The second kappa shape index (κ2) is 5.05. The normalized spacial score (nSPS) is 10.5. The molecule has 17 heavy (non-hydrogen) atoms. The van der Waals surface area contributed by atoms with Gasteiger partial charge in [-0.3, -0.25) is 0 Å². The first kappa shape index (κ1) is 11.7. The molecule has 0 saturated carbocycles. The molecular formula is C16H18O. The number of phenols is 1. The molecule has 0 aliphatic rings. The van der Waals surface area contributed by atoms with Crippen molar-refractivity contribution in [2.75, 3.05) is 0 Å². The summed E-state index contributed by atoms with van der Waals surface area (Å²) in [6.45, 7) is 4.23. The quantitative estimate of drug-likeness (QED) is 0.832.